The minimum atomic E-state index is -0.433. The summed E-state index contributed by atoms with van der Waals surface area (Å²) in [5, 5.41) is 7.90. The number of hydrogen-bond acceptors (Lipinski definition) is 5. The SMILES string of the molecule is CCOC(=O)C(C)c1nnc2cnccn12. The van der Waals surface area contributed by atoms with Crippen LogP contribution in [0, 0.1) is 0 Å². The van der Waals surface area contributed by atoms with Crippen molar-refractivity contribution in [1.29, 1.82) is 0 Å². The topological polar surface area (TPSA) is 69.4 Å². The zero-order valence-corrected chi connectivity index (χ0v) is 9.12. The van der Waals surface area contributed by atoms with Gasteiger partial charge in [-0.15, -0.1) is 10.2 Å². The maximum absolute atomic E-state index is 11.6. The number of hydrogen-bond donors (Lipinski definition) is 0. The molecule has 0 aliphatic carbocycles. The van der Waals surface area contributed by atoms with Crippen LogP contribution in [0.3, 0.4) is 0 Å². The molecule has 0 saturated carbocycles. The molecule has 0 N–H and O–H groups in total. The molecule has 2 aromatic rings. The van der Waals surface area contributed by atoms with Gasteiger partial charge in [0.2, 0.25) is 0 Å². The number of fused-ring (bicyclic) bond motifs is 1. The first kappa shape index (κ1) is 10.5. The van der Waals surface area contributed by atoms with Gasteiger partial charge in [-0.05, 0) is 13.8 Å². The van der Waals surface area contributed by atoms with Gasteiger partial charge in [-0.2, -0.15) is 0 Å². The third-order valence-electron chi connectivity index (χ3n) is 2.27. The second kappa shape index (κ2) is 4.26. The van der Waals surface area contributed by atoms with Gasteiger partial charge >= 0.3 is 5.97 Å². The lowest BCUT2D eigenvalue weighted by Gasteiger charge is -2.08. The minimum absolute atomic E-state index is 0.298. The molecule has 0 spiro atoms. The van der Waals surface area contributed by atoms with Crippen molar-refractivity contribution >= 4 is 11.6 Å². The van der Waals surface area contributed by atoms with E-state index in [-0.39, 0.29) is 5.97 Å². The van der Waals surface area contributed by atoms with Crippen LogP contribution in [0.15, 0.2) is 18.6 Å². The Balaban J connectivity index is 2.36. The summed E-state index contributed by atoms with van der Waals surface area (Å²) in [6.07, 6.45) is 4.94. The average molecular weight is 220 g/mol. The normalized spacial score (nSPS) is 12.6. The van der Waals surface area contributed by atoms with Crippen molar-refractivity contribution < 1.29 is 9.53 Å². The maximum atomic E-state index is 11.6. The van der Waals surface area contributed by atoms with Crippen LogP contribution in [-0.2, 0) is 9.53 Å². The molecule has 0 aliphatic heterocycles. The van der Waals surface area contributed by atoms with E-state index < -0.39 is 5.92 Å². The zero-order valence-electron chi connectivity index (χ0n) is 9.12. The van der Waals surface area contributed by atoms with Crippen LogP contribution >= 0.6 is 0 Å². The minimum Gasteiger partial charge on any atom is -0.465 e. The number of ether oxygens (including phenoxy) is 1. The molecule has 0 bridgehead atoms. The molecule has 1 unspecified atom stereocenters. The molecule has 0 fully saturated rings. The molecule has 0 aliphatic rings. The van der Waals surface area contributed by atoms with E-state index in [0.29, 0.717) is 18.1 Å². The Hall–Kier alpha value is -1.98. The van der Waals surface area contributed by atoms with E-state index in [2.05, 4.69) is 15.2 Å². The highest BCUT2D eigenvalue weighted by Gasteiger charge is 2.21. The van der Waals surface area contributed by atoms with Crippen LogP contribution in [-0.4, -0.2) is 32.2 Å². The van der Waals surface area contributed by atoms with Gasteiger partial charge in [0.15, 0.2) is 11.5 Å². The van der Waals surface area contributed by atoms with Gasteiger partial charge in [-0.25, -0.2) is 0 Å². The quantitative estimate of drug-likeness (QED) is 0.715. The zero-order chi connectivity index (χ0) is 11.5. The number of carbonyl (C=O) groups excluding carboxylic acids is 1. The first-order valence-corrected chi connectivity index (χ1v) is 5.05. The van der Waals surface area contributed by atoms with Crippen LogP contribution in [0.4, 0.5) is 0 Å². The number of nitrogens with zero attached hydrogens (tertiary/aromatic N) is 4. The van der Waals surface area contributed by atoms with Gasteiger partial charge in [0.1, 0.15) is 5.92 Å². The van der Waals surface area contributed by atoms with Crippen LogP contribution in [0.1, 0.15) is 25.6 Å². The lowest BCUT2D eigenvalue weighted by atomic mass is 10.2. The van der Waals surface area contributed by atoms with Gasteiger partial charge in [-0.1, -0.05) is 0 Å². The summed E-state index contributed by atoms with van der Waals surface area (Å²) in [6.45, 7) is 3.88. The number of rotatable bonds is 3. The van der Waals surface area contributed by atoms with E-state index in [1.54, 1.807) is 36.8 Å². The molecule has 1 atom stereocenters. The summed E-state index contributed by atoms with van der Waals surface area (Å²) in [6, 6.07) is 0. The molecular formula is C10H12N4O2. The second-order valence-electron chi connectivity index (χ2n) is 3.34. The van der Waals surface area contributed by atoms with Crippen molar-refractivity contribution in [1.82, 2.24) is 19.6 Å². The molecule has 2 rings (SSSR count). The van der Waals surface area contributed by atoms with E-state index in [4.69, 9.17) is 4.74 Å². The Morgan fingerprint density at radius 1 is 1.56 bits per heavy atom. The van der Waals surface area contributed by atoms with Crippen LogP contribution in [0.2, 0.25) is 0 Å². The highest BCUT2D eigenvalue weighted by atomic mass is 16.5. The van der Waals surface area contributed by atoms with E-state index in [9.17, 15) is 4.79 Å². The fraction of sp³-hybridized carbons (Fsp3) is 0.400. The highest BCUT2D eigenvalue weighted by molar-refractivity contribution is 5.76. The van der Waals surface area contributed by atoms with Crippen molar-refractivity contribution in [2.75, 3.05) is 6.61 Å². The molecule has 6 nitrogen and oxygen atoms in total. The van der Waals surface area contributed by atoms with Crippen molar-refractivity contribution in [3.63, 3.8) is 0 Å². The molecule has 16 heavy (non-hydrogen) atoms. The first-order chi connectivity index (χ1) is 7.74. The Morgan fingerprint density at radius 2 is 2.38 bits per heavy atom. The summed E-state index contributed by atoms with van der Waals surface area (Å²) in [7, 11) is 0. The van der Waals surface area contributed by atoms with E-state index in [1.807, 2.05) is 0 Å². The molecule has 0 saturated heterocycles. The molecule has 0 radical (unpaired) electrons. The summed E-state index contributed by atoms with van der Waals surface area (Å²) >= 11 is 0. The molecule has 0 amide bonds. The predicted molar refractivity (Wildman–Crippen MR) is 55.8 cm³/mol. The Labute approximate surface area is 92.3 Å². The monoisotopic (exact) mass is 220 g/mol. The van der Waals surface area contributed by atoms with Gasteiger partial charge in [0.05, 0.1) is 12.8 Å². The third kappa shape index (κ3) is 1.73. The largest absolute Gasteiger partial charge is 0.465 e. The summed E-state index contributed by atoms with van der Waals surface area (Å²) in [4.78, 5) is 15.5. The lowest BCUT2D eigenvalue weighted by Crippen LogP contribution is -2.15. The standard InChI is InChI=1S/C10H12N4O2/c1-3-16-10(15)7(2)9-13-12-8-6-11-4-5-14(8)9/h4-7H,3H2,1-2H3. The van der Waals surface area contributed by atoms with Crippen molar-refractivity contribution in [2.45, 2.75) is 19.8 Å². The molecule has 2 heterocycles. The van der Waals surface area contributed by atoms with Gasteiger partial charge in [0, 0.05) is 12.4 Å². The van der Waals surface area contributed by atoms with Crippen molar-refractivity contribution in [3.05, 3.63) is 24.4 Å². The predicted octanol–water partition coefficient (Wildman–Crippen LogP) is 0.791. The molecule has 0 aromatic carbocycles. The molecule has 84 valence electrons. The van der Waals surface area contributed by atoms with Crippen molar-refractivity contribution in [2.24, 2.45) is 0 Å². The van der Waals surface area contributed by atoms with Crippen LogP contribution in [0.5, 0.6) is 0 Å². The van der Waals surface area contributed by atoms with E-state index >= 15 is 0 Å². The average Bonchev–Trinajstić information content (AvgIpc) is 2.72. The Morgan fingerprint density at radius 3 is 3.12 bits per heavy atom. The number of aromatic nitrogens is 4. The van der Waals surface area contributed by atoms with Gasteiger partial charge < -0.3 is 4.74 Å². The smallest absolute Gasteiger partial charge is 0.316 e. The summed E-state index contributed by atoms with van der Waals surface area (Å²) in [5.41, 5.74) is 0.619. The van der Waals surface area contributed by atoms with Crippen molar-refractivity contribution in [3.8, 4) is 0 Å². The Kier molecular flexibility index (Phi) is 2.80. The first-order valence-electron chi connectivity index (χ1n) is 5.05. The molecule has 2 aromatic heterocycles. The van der Waals surface area contributed by atoms with E-state index in [0.717, 1.165) is 0 Å². The fourth-order valence-electron chi connectivity index (χ4n) is 1.44. The van der Waals surface area contributed by atoms with Gasteiger partial charge in [-0.3, -0.25) is 14.2 Å². The second-order valence-corrected chi connectivity index (χ2v) is 3.34. The Bertz CT molecular complexity index is 508. The molecule has 6 heteroatoms. The third-order valence-corrected chi connectivity index (χ3v) is 2.27. The van der Waals surface area contributed by atoms with Gasteiger partial charge in [0.25, 0.3) is 0 Å². The highest BCUT2D eigenvalue weighted by Crippen LogP contribution is 2.15. The van der Waals surface area contributed by atoms with Crippen LogP contribution in [0.25, 0.3) is 5.65 Å². The van der Waals surface area contributed by atoms with E-state index in [1.165, 1.54) is 0 Å². The van der Waals surface area contributed by atoms with Crippen LogP contribution < -0.4 is 0 Å². The number of carbonyl (C=O) groups is 1. The summed E-state index contributed by atoms with van der Waals surface area (Å²) in [5.74, 6) is -0.165. The lowest BCUT2D eigenvalue weighted by molar-refractivity contribution is -0.144. The number of esters is 1. The fourth-order valence-corrected chi connectivity index (χ4v) is 1.44. The molecular weight excluding hydrogens is 208 g/mol. The summed E-state index contributed by atoms with van der Waals surface area (Å²) < 4.78 is 6.67. The maximum Gasteiger partial charge on any atom is 0.316 e.